The third-order valence-corrected chi connectivity index (χ3v) is 7.61. The lowest BCUT2D eigenvalue weighted by atomic mass is 10.2. The summed E-state index contributed by atoms with van der Waals surface area (Å²) in [6.07, 6.45) is 0. The summed E-state index contributed by atoms with van der Waals surface area (Å²) < 4.78 is 33.1. The number of sulfonamides is 1. The molecule has 1 N–H and O–H groups in total. The van der Waals surface area contributed by atoms with E-state index in [0.717, 1.165) is 5.56 Å². The summed E-state index contributed by atoms with van der Waals surface area (Å²) in [7, 11) is -3.75. The van der Waals surface area contributed by atoms with Crippen LogP contribution in [-0.2, 0) is 16.6 Å². The highest BCUT2D eigenvalue weighted by Gasteiger charge is 2.24. The Morgan fingerprint density at radius 2 is 1.71 bits per heavy atom. The first-order valence-electron chi connectivity index (χ1n) is 10.5. The van der Waals surface area contributed by atoms with Gasteiger partial charge in [0.05, 0.1) is 15.5 Å². The van der Waals surface area contributed by atoms with Gasteiger partial charge in [0, 0.05) is 23.7 Å². The molecule has 1 amide bonds. The number of rotatable bonds is 8. The summed E-state index contributed by atoms with van der Waals surface area (Å²) in [5.74, 6) is -0.453. The minimum atomic E-state index is -3.75. The standard InChI is InChI=1S/C24H20Cl2N4O4S/c1-2-30(15-16-6-4-3-5-7-16)35(32,33)19-11-8-17(9-12-19)22(31)27-24-29-28-23(34-24)20-14-18(25)10-13-21(20)26/h3-14H,2,15H2,1H3,(H,27,29,31). The second-order valence-electron chi connectivity index (χ2n) is 7.43. The summed E-state index contributed by atoms with van der Waals surface area (Å²) in [5.41, 5.74) is 1.53. The quantitative estimate of drug-likeness (QED) is 0.322. The molecule has 0 fully saturated rings. The third kappa shape index (κ3) is 5.71. The van der Waals surface area contributed by atoms with Gasteiger partial charge in [-0.15, -0.1) is 5.10 Å². The largest absolute Gasteiger partial charge is 0.403 e. The van der Waals surface area contributed by atoms with E-state index < -0.39 is 15.9 Å². The smallest absolute Gasteiger partial charge is 0.322 e. The first-order valence-corrected chi connectivity index (χ1v) is 12.7. The van der Waals surface area contributed by atoms with Crippen molar-refractivity contribution in [1.82, 2.24) is 14.5 Å². The molecule has 180 valence electrons. The van der Waals surface area contributed by atoms with Gasteiger partial charge in [0.1, 0.15) is 0 Å². The van der Waals surface area contributed by atoms with Crippen molar-refractivity contribution in [3.8, 4) is 11.5 Å². The van der Waals surface area contributed by atoms with Gasteiger partial charge >= 0.3 is 6.01 Å². The van der Waals surface area contributed by atoms with Crippen molar-refractivity contribution >= 4 is 45.1 Å². The third-order valence-electron chi connectivity index (χ3n) is 5.11. The maximum absolute atomic E-state index is 13.1. The molecular weight excluding hydrogens is 511 g/mol. The topological polar surface area (TPSA) is 105 Å². The Morgan fingerprint density at radius 1 is 1.00 bits per heavy atom. The van der Waals surface area contributed by atoms with Crippen molar-refractivity contribution < 1.29 is 17.6 Å². The molecule has 0 aliphatic carbocycles. The summed E-state index contributed by atoms with van der Waals surface area (Å²) in [6.45, 7) is 2.32. The van der Waals surface area contributed by atoms with Crippen LogP contribution in [0, 0.1) is 0 Å². The van der Waals surface area contributed by atoms with Crippen LogP contribution < -0.4 is 5.32 Å². The Labute approximate surface area is 212 Å². The molecule has 0 unspecified atom stereocenters. The van der Waals surface area contributed by atoms with E-state index in [1.165, 1.54) is 28.6 Å². The average Bonchev–Trinajstić information content (AvgIpc) is 3.32. The van der Waals surface area contributed by atoms with E-state index in [2.05, 4.69) is 15.5 Å². The molecule has 0 saturated carbocycles. The van der Waals surface area contributed by atoms with Gasteiger partial charge in [0.2, 0.25) is 10.0 Å². The number of halogens is 2. The number of carbonyl (C=O) groups excluding carboxylic acids is 1. The van der Waals surface area contributed by atoms with E-state index in [0.29, 0.717) is 22.2 Å². The fourth-order valence-electron chi connectivity index (χ4n) is 3.29. The van der Waals surface area contributed by atoms with Crippen molar-refractivity contribution in [1.29, 1.82) is 0 Å². The van der Waals surface area contributed by atoms with Crippen molar-refractivity contribution in [3.63, 3.8) is 0 Å². The second kappa shape index (κ2) is 10.6. The lowest BCUT2D eigenvalue weighted by Gasteiger charge is -2.20. The highest BCUT2D eigenvalue weighted by molar-refractivity contribution is 7.89. The Balaban J connectivity index is 1.47. The van der Waals surface area contributed by atoms with Crippen LogP contribution in [0.5, 0.6) is 0 Å². The van der Waals surface area contributed by atoms with Gasteiger partial charge in [0.15, 0.2) is 0 Å². The van der Waals surface area contributed by atoms with E-state index in [-0.39, 0.29) is 28.9 Å². The van der Waals surface area contributed by atoms with Crippen molar-refractivity contribution in [2.24, 2.45) is 0 Å². The van der Waals surface area contributed by atoms with Gasteiger partial charge < -0.3 is 4.42 Å². The molecule has 3 aromatic carbocycles. The number of carbonyl (C=O) groups is 1. The van der Waals surface area contributed by atoms with Gasteiger partial charge in [-0.25, -0.2) is 8.42 Å². The van der Waals surface area contributed by atoms with Gasteiger partial charge in [-0.2, -0.15) is 4.31 Å². The zero-order valence-corrected chi connectivity index (χ0v) is 20.8. The van der Waals surface area contributed by atoms with Gasteiger partial charge in [-0.1, -0.05) is 65.6 Å². The molecule has 1 aromatic heterocycles. The lowest BCUT2D eigenvalue weighted by Crippen LogP contribution is -2.30. The molecule has 35 heavy (non-hydrogen) atoms. The Kier molecular flexibility index (Phi) is 7.51. The second-order valence-corrected chi connectivity index (χ2v) is 10.2. The maximum Gasteiger partial charge on any atom is 0.322 e. The number of hydrogen-bond acceptors (Lipinski definition) is 6. The molecule has 0 radical (unpaired) electrons. The van der Waals surface area contributed by atoms with Crippen LogP contribution in [0.2, 0.25) is 10.0 Å². The number of nitrogens with one attached hydrogen (secondary N) is 1. The SMILES string of the molecule is CCN(Cc1ccccc1)S(=O)(=O)c1ccc(C(=O)Nc2nnc(-c3cc(Cl)ccc3Cl)o2)cc1. The minimum Gasteiger partial charge on any atom is -0.403 e. The molecule has 0 aliphatic rings. The molecule has 0 atom stereocenters. The highest BCUT2D eigenvalue weighted by atomic mass is 35.5. The van der Waals surface area contributed by atoms with E-state index in [9.17, 15) is 13.2 Å². The normalized spacial score (nSPS) is 11.5. The predicted octanol–water partition coefficient (Wildman–Crippen LogP) is 5.51. The summed E-state index contributed by atoms with van der Waals surface area (Å²) in [6, 6.07) is 19.6. The van der Waals surface area contributed by atoms with Crippen LogP contribution in [0.25, 0.3) is 11.5 Å². The number of anilines is 1. The van der Waals surface area contributed by atoms with Crippen LogP contribution in [0.1, 0.15) is 22.8 Å². The van der Waals surface area contributed by atoms with Crippen molar-refractivity contribution in [3.05, 3.63) is 94.0 Å². The van der Waals surface area contributed by atoms with Gasteiger partial charge in [-0.3, -0.25) is 10.1 Å². The maximum atomic E-state index is 13.1. The molecule has 0 spiro atoms. The number of amides is 1. The van der Waals surface area contributed by atoms with Crippen molar-refractivity contribution in [2.75, 3.05) is 11.9 Å². The Morgan fingerprint density at radius 3 is 2.40 bits per heavy atom. The molecule has 0 saturated heterocycles. The zero-order chi connectivity index (χ0) is 25.0. The van der Waals surface area contributed by atoms with Gasteiger partial charge in [-0.05, 0) is 48.0 Å². The molecule has 1 heterocycles. The van der Waals surface area contributed by atoms with Crippen LogP contribution >= 0.6 is 23.2 Å². The van der Waals surface area contributed by atoms with E-state index >= 15 is 0 Å². The van der Waals surface area contributed by atoms with Crippen LogP contribution in [0.15, 0.2) is 82.1 Å². The van der Waals surface area contributed by atoms with E-state index in [4.69, 9.17) is 27.6 Å². The first kappa shape index (κ1) is 24.9. The Bertz CT molecular complexity index is 1440. The monoisotopic (exact) mass is 530 g/mol. The molecule has 0 aliphatic heterocycles. The summed E-state index contributed by atoms with van der Waals surface area (Å²) >= 11 is 12.1. The minimum absolute atomic E-state index is 0.0857. The number of benzene rings is 3. The van der Waals surface area contributed by atoms with Crippen LogP contribution in [-0.4, -0.2) is 35.4 Å². The molecule has 8 nitrogen and oxygen atoms in total. The van der Waals surface area contributed by atoms with E-state index in [1.807, 2.05) is 30.3 Å². The fraction of sp³-hybridized carbons (Fsp3) is 0.125. The van der Waals surface area contributed by atoms with E-state index in [1.54, 1.807) is 25.1 Å². The predicted molar refractivity (Wildman–Crippen MR) is 134 cm³/mol. The average molecular weight is 531 g/mol. The highest BCUT2D eigenvalue weighted by Crippen LogP contribution is 2.30. The van der Waals surface area contributed by atoms with Gasteiger partial charge in [0.25, 0.3) is 11.8 Å². The van der Waals surface area contributed by atoms with Crippen molar-refractivity contribution in [2.45, 2.75) is 18.4 Å². The summed E-state index contributed by atoms with van der Waals surface area (Å²) in [5, 5.41) is 11.0. The lowest BCUT2D eigenvalue weighted by molar-refractivity contribution is 0.102. The molecule has 0 bridgehead atoms. The molecule has 4 aromatic rings. The summed E-state index contributed by atoms with van der Waals surface area (Å²) in [4.78, 5) is 12.7. The molecule has 11 heteroatoms. The number of hydrogen-bond donors (Lipinski definition) is 1. The van der Waals surface area contributed by atoms with Crippen LogP contribution in [0.4, 0.5) is 6.01 Å². The number of aromatic nitrogens is 2. The molecular formula is C24H20Cl2N4O4S. The zero-order valence-electron chi connectivity index (χ0n) is 18.5. The Hall–Kier alpha value is -3.24. The van der Waals surface area contributed by atoms with Crippen LogP contribution in [0.3, 0.4) is 0 Å². The number of nitrogens with zero attached hydrogens (tertiary/aromatic N) is 3. The molecule has 4 rings (SSSR count). The first-order chi connectivity index (χ1) is 16.8. The fourth-order valence-corrected chi connectivity index (χ4v) is 5.10.